The van der Waals surface area contributed by atoms with Gasteiger partial charge in [0.1, 0.15) is 0 Å². The summed E-state index contributed by atoms with van der Waals surface area (Å²) < 4.78 is 31.4. The molecular weight excluding hydrogens is 276 g/mol. The Morgan fingerprint density at radius 2 is 2.15 bits per heavy atom. The van der Waals surface area contributed by atoms with E-state index in [4.69, 9.17) is 10.5 Å². The molecule has 0 fully saturated rings. The average molecular weight is 298 g/mol. The van der Waals surface area contributed by atoms with Crippen molar-refractivity contribution in [1.82, 2.24) is 4.31 Å². The summed E-state index contributed by atoms with van der Waals surface area (Å²) in [6.07, 6.45) is 1.25. The van der Waals surface area contributed by atoms with Crippen LogP contribution in [0.1, 0.15) is 23.6 Å². The Morgan fingerprint density at radius 3 is 2.85 bits per heavy atom. The summed E-state index contributed by atoms with van der Waals surface area (Å²) in [6.45, 7) is 1.27. The van der Waals surface area contributed by atoms with Crippen molar-refractivity contribution < 1.29 is 13.2 Å². The number of nitrogens with zero attached hydrogens (tertiary/aromatic N) is 1. The monoisotopic (exact) mass is 298 g/mol. The highest BCUT2D eigenvalue weighted by Crippen LogP contribution is 2.31. The Labute approximate surface area is 120 Å². The lowest BCUT2D eigenvalue weighted by Crippen LogP contribution is -2.44. The van der Waals surface area contributed by atoms with E-state index in [0.29, 0.717) is 26.1 Å². The molecule has 112 valence electrons. The summed E-state index contributed by atoms with van der Waals surface area (Å²) in [5.41, 5.74) is 8.07. The zero-order valence-corrected chi connectivity index (χ0v) is 12.6. The lowest BCUT2D eigenvalue weighted by Gasteiger charge is -2.35. The lowest BCUT2D eigenvalue weighted by molar-refractivity contribution is 0.198. The van der Waals surface area contributed by atoms with Gasteiger partial charge in [-0.3, -0.25) is 0 Å². The number of methoxy groups -OCH3 is 1. The third-order valence-corrected chi connectivity index (χ3v) is 5.65. The first-order valence-corrected chi connectivity index (χ1v) is 8.47. The van der Waals surface area contributed by atoms with Gasteiger partial charge >= 0.3 is 0 Å². The second-order valence-corrected chi connectivity index (χ2v) is 7.01. The summed E-state index contributed by atoms with van der Waals surface area (Å²) in [5.74, 6) is 0.111. The van der Waals surface area contributed by atoms with E-state index in [2.05, 4.69) is 0 Å². The molecule has 20 heavy (non-hydrogen) atoms. The van der Waals surface area contributed by atoms with Crippen LogP contribution in [0.25, 0.3) is 0 Å². The normalized spacial score (nSPS) is 19.8. The maximum atomic E-state index is 12.5. The Hall–Kier alpha value is -0.950. The topological polar surface area (TPSA) is 72.6 Å². The van der Waals surface area contributed by atoms with Gasteiger partial charge in [0.25, 0.3) is 0 Å². The summed E-state index contributed by atoms with van der Waals surface area (Å²) in [5, 5.41) is 0. The predicted molar refractivity (Wildman–Crippen MR) is 78.9 cm³/mol. The molecule has 0 radical (unpaired) electrons. The molecule has 0 saturated carbocycles. The van der Waals surface area contributed by atoms with Gasteiger partial charge in [0.05, 0.1) is 11.8 Å². The van der Waals surface area contributed by atoms with Crippen molar-refractivity contribution in [3.63, 3.8) is 0 Å². The Morgan fingerprint density at radius 1 is 1.40 bits per heavy atom. The van der Waals surface area contributed by atoms with Gasteiger partial charge in [0.15, 0.2) is 0 Å². The largest absolute Gasteiger partial charge is 0.385 e. The van der Waals surface area contributed by atoms with Gasteiger partial charge in [-0.05, 0) is 24.0 Å². The minimum Gasteiger partial charge on any atom is -0.385 e. The van der Waals surface area contributed by atoms with E-state index in [9.17, 15) is 8.42 Å². The molecule has 1 atom stereocenters. The first-order valence-electron chi connectivity index (χ1n) is 6.86. The number of hydrogen-bond acceptors (Lipinski definition) is 4. The van der Waals surface area contributed by atoms with Crippen molar-refractivity contribution in [2.75, 3.05) is 32.6 Å². The number of sulfonamides is 1. The SMILES string of the molecule is COCCCS(=O)(=O)N1CCc2ccccc2C1CN. The standard InChI is InChI=1S/C14H22N2O3S/c1-19-9-4-10-20(17,18)16-8-7-12-5-2-3-6-13(12)14(16)11-15/h2-3,5-6,14H,4,7-11,15H2,1H3. The fraction of sp³-hybridized carbons (Fsp3) is 0.571. The van der Waals surface area contributed by atoms with Crippen molar-refractivity contribution in [3.05, 3.63) is 35.4 Å². The third-order valence-electron chi connectivity index (χ3n) is 3.69. The molecule has 0 aliphatic carbocycles. The maximum Gasteiger partial charge on any atom is 0.214 e. The molecule has 1 heterocycles. The van der Waals surface area contributed by atoms with E-state index in [1.54, 1.807) is 11.4 Å². The molecule has 1 aromatic rings. The summed E-state index contributed by atoms with van der Waals surface area (Å²) >= 11 is 0. The quantitative estimate of drug-likeness (QED) is 0.792. The van der Waals surface area contributed by atoms with Crippen LogP contribution in [0.5, 0.6) is 0 Å². The summed E-state index contributed by atoms with van der Waals surface area (Å²) in [4.78, 5) is 0. The lowest BCUT2D eigenvalue weighted by atomic mass is 9.94. The van der Waals surface area contributed by atoms with Crippen molar-refractivity contribution in [2.24, 2.45) is 5.73 Å². The highest BCUT2D eigenvalue weighted by atomic mass is 32.2. The van der Waals surface area contributed by atoms with E-state index < -0.39 is 10.0 Å². The molecule has 2 N–H and O–H groups in total. The van der Waals surface area contributed by atoms with Crippen molar-refractivity contribution in [3.8, 4) is 0 Å². The second-order valence-electron chi connectivity index (χ2n) is 4.97. The number of rotatable bonds is 6. The number of hydrogen-bond donors (Lipinski definition) is 1. The zero-order valence-electron chi connectivity index (χ0n) is 11.8. The molecule has 1 unspecified atom stereocenters. The van der Waals surface area contributed by atoms with Crippen molar-refractivity contribution in [1.29, 1.82) is 0 Å². The molecule has 0 bridgehead atoms. The number of nitrogens with two attached hydrogens (primary N) is 1. The Bertz CT molecular complexity index is 545. The number of ether oxygens (including phenoxy) is 1. The van der Waals surface area contributed by atoms with Crippen LogP contribution in [-0.2, 0) is 21.2 Å². The van der Waals surface area contributed by atoms with Crippen LogP contribution in [0.15, 0.2) is 24.3 Å². The summed E-state index contributed by atoms with van der Waals surface area (Å²) in [6, 6.07) is 7.70. The molecule has 1 aliphatic heterocycles. The van der Waals surface area contributed by atoms with Crippen molar-refractivity contribution >= 4 is 10.0 Å². The zero-order chi connectivity index (χ0) is 14.6. The van der Waals surface area contributed by atoms with Crippen LogP contribution in [-0.4, -0.2) is 45.3 Å². The summed E-state index contributed by atoms with van der Waals surface area (Å²) in [7, 11) is -1.71. The fourth-order valence-electron chi connectivity index (χ4n) is 2.71. The van der Waals surface area contributed by atoms with Gasteiger partial charge < -0.3 is 10.5 Å². The van der Waals surface area contributed by atoms with Gasteiger partial charge in [-0.2, -0.15) is 4.31 Å². The Kier molecular flexibility index (Phi) is 5.15. The van der Waals surface area contributed by atoms with E-state index >= 15 is 0 Å². The van der Waals surface area contributed by atoms with E-state index in [0.717, 1.165) is 12.0 Å². The molecule has 1 aliphatic rings. The van der Waals surface area contributed by atoms with Crippen molar-refractivity contribution in [2.45, 2.75) is 18.9 Å². The third kappa shape index (κ3) is 3.20. The van der Waals surface area contributed by atoms with Gasteiger partial charge in [0, 0.05) is 26.8 Å². The van der Waals surface area contributed by atoms with Crippen LogP contribution in [0, 0.1) is 0 Å². The molecule has 1 aromatic carbocycles. The molecule has 0 saturated heterocycles. The van der Waals surface area contributed by atoms with Crippen LogP contribution < -0.4 is 5.73 Å². The first kappa shape index (κ1) is 15.4. The molecule has 0 amide bonds. The van der Waals surface area contributed by atoms with E-state index in [1.165, 1.54) is 5.56 Å². The Balaban J connectivity index is 2.21. The highest BCUT2D eigenvalue weighted by Gasteiger charge is 2.33. The van der Waals surface area contributed by atoms with Gasteiger partial charge in [0.2, 0.25) is 10.0 Å². The molecule has 2 rings (SSSR count). The van der Waals surface area contributed by atoms with Crippen LogP contribution in [0.3, 0.4) is 0 Å². The minimum atomic E-state index is -3.29. The second kappa shape index (κ2) is 6.67. The van der Waals surface area contributed by atoms with Gasteiger partial charge in [-0.1, -0.05) is 24.3 Å². The smallest absolute Gasteiger partial charge is 0.214 e. The highest BCUT2D eigenvalue weighted by molar-refractivity contribution is 7.89. The number of fused-ring (bicyclic) bond motifs is 1. The van der Waals surface area contributed by atoms with Crippen LogP contribution >= 0.6 is 0 Å². The number of benzene rings is 1. The molecule has 6 heteroatoms. The molecule has 0 spiro atoms. The minimum absolute atomic E-state index is 0.111. The fourth-order valence-corrected chi connectivity index (χ4v) is 4.38. The van der Waals surface area contributed by atoms with Crippen LogP contribution in [0.2, 0.25) is 0 Å². The molecule has 0 aromatic heterocycles. The molecule has 5 nitrogen and oxygen atoms in total. The van der Waals surface area contributed by atoms with E-state index in [1.807, 2.05) is 24.3 Å². The van der Waals surface area contributed by atoms with Gasteiger partial charge in [-0.25, -0.2) is 8.42 Å². The van der Waals surface area contributed by atoms with E-state index in [-0.39, 0.29) is 11.8 Å². The first-order chi connectivity index (χ1) is 9.60. The predicted octanol–water partition coefficient (Wildman–Crippen LogP) is 0.911. The average Bonchev–Trinajstić information content (AvgIpc) is 2.46. The van der Waals surface area contributed by atoms with Crippen LogP contribution in [0.4, 0.5) is 0 Å². The maximum absolute atomic E-state index is 12.5. The van der Waals surface area contributed by atoms with Gasteiger partial charge in [-0.15, -0.1) is 0 Å². The molecular formula is C14H22N2O3S.